The first-order chi connectivity index (χ1) is 63.2. The summed E-state index contributed by atoms with van der Waals surface area (Å²) in [5.74, 6) is -14.1. The van der Waals surface area contributed by atoms with Gasteiger partial charge in [0.15, 0.2) is 0 Å². The number of alkyl carbamates (subject to hydrolysis) is 1. The van der Waals surface area contributed by atoms with E-state index >= 15 is 28.8 Å². The van der Waals surface area contributed by atoms with E-state index in [-0.39, 0.29) is 32.3 Å². The number of esters is 3. The standard InChI is InChI=1S/C102H141N11O23/c1-25-60(6)85(94(126)127)111-80(114)55-103-93(125)84(59(4)5)112-92(124)76(52-62-40-44-65(45-41-62)132-98(10,11)12)108-91(123)78(54-83(117)135-101(19,20)21)109-88(120)74(50-58(2)3)106-89(121)75(51-61-38-42-64(43-39-61)131-97(7,8)9)107-87(119)73(47-49-82(116)134-100(16,17)18)104-86(118)72(46-48-81(115)133-99(13,14)15)105-90(122)77(53-63-56-113(96(129)136-102(22,23)24)79-37-31-30-32-66(63)79)110-95(128)130-57-71-69-35-28-26-33-67(69)68-34-27-29-36-70(68)71/h26-45,56,58-60,71-78,84-85H,25,46-55,57H2,1-24H3,(H,103,125)(H,104,118)(H,105,122)(H,106,121)(H,107,119)(H,108,123)(H,109,120)(H,110,128)(H,111,114)(H,112,124)(H,126,127)/t60-,72-,73-,74-,75-,76-,77-,78-,84-,85-/m0/s1. The molecule has 6 aromatic rings. The SMILES string of the molecule is CC[C@H](C)[C@H](NC(=O)CNC(=O)[C@@H](NC(=O)[C@H](Cc1ccc(OC(C)(C)C)cc1)NC(=O)[C@H](CC(=O)OC(C)(C)C)NC(=O)[C@H](CC(C)C)NC(=O)[C@H](Cc1ccc(OC(C)(C)C)cc1)NC(=O)[C@H](CCC(=O)OC(C)(C)C)NC(=O)[C@H](CCC(=O)OC(C)(C)C)NC(=O)[C@H](Cc1cn(C(=O)OC(C)(C)C)c2ccccc12)NC(=O)OCC1c2ccccc2-c2ccccc21)C(C)C)C(=O)O. The molecule has 34 nitrogen and oxygen atoms in total. The second-order valence-corrected chi connectivity index (χ2v) is 41.1. The van der Waals surface area contributed by atoms with Gasteiger partial charge in [-0.15, -0.1) is 0 Å². The van der Waals surface area contributed by atoms with Crippen molar-refractivity contribution in [1.29, 1.82) is 0 Å². The number of para-hydroxylation sites is 1. The molecule has 0 fully saturated rings. The second-order valence-electron chi connectivity index (χ2n) is 41.1. The number of benzene rings is 5. The molecule has 0 unspecified atom stereocenters. The van der Waals surface area contributed by atoms with Crippen LogP contribution in [0.2, 0.25) is 0 Å². The van der Waals surface area contributed by atoms with Gasteiger partial charge in [0, 0.05) is 49.6 Å². The number of aliphatic carboxylic acids is 1. The van der Waals surface area contributed by atoms with E-state index in [0.717, 1.165) is 22.3 Å². The van der Waals surface area contributed by atoms with Crippen LogP contribution in [-0.4, -0.2) is 200 Å². The van der Waals surface area contributed by atoms with Gasteiger partial charge in [-0.3, -0.25) is 62.1 Å². The molecule has 0 radical (unpaired) electrons. The van der Waals surface area contributed by atoms with Crippen LogP contribution in [0.15, 0.2) is 128 Å². The van der Waals surface area contributed by atoms with Crippen LogP contribution in [-0.2, 0) is 105 Å². The zero-order valence-corrected chi connectivity index (χ0v) is 83.0. The maximum Gasteiger partial charge on any atom is 0.419 e. The molecule has 1 aromatic heterocycles. The Morgan fingerprint density at radius 1 is 0.404 bits per heavy atom. The Balaban J connectivity index is 1.27. The van der Waals surface area contributed by atoms with Crippen molar-refractivity contribution in [2.45, 2.75) is 324 Å². The zero-order valence-electron chi connectivity index (χ0n) is 83.0. The maximum absolute atomic E-state index is 15.7. The largest absolute Gasteiger partial charge is 0.488 e. The van der Waals surface area contributed by atoms with Crippen molar-refractivity contribution < 1.29 is 110 Å². The number of nitrogens with one attached hydrogen (secondary N) is 10. The van der Waals surface area contributed by atoms with Gasteiger partial charge < -0.3 is 91.4 Å². The van der Waals surface area contributed by atoms with Crippen LogP contribution in [0.25, 0.3) is 22.0 Å². The smallest absolute Gasteiger partial charge is 0.419 e. The van der Waals surface area contributed by atoms with Crippen molar-refractivity contribution in [3.8, 4) is 22.6 Å². The summed E-state index contributed by atoms with van der Waals surface area (Å²) in [4.78, 5) is 218. The summed E-state index contributed by atoms with van der Waals surface area (Å²) in [6, 6.07) is 20.4. The summed E-state index contributed by atoms with van der Waals surface area (Å²) in [6.45, 7) is 39.7. The van der Waals surface area contributed by atoms with Crippen LogP contribution in [0, 0.1) is 17.8 Å². The molecule has 136 heavy (non-hydrogen) atoms. The van der Waals surface area contributed by atoms with Crippen LogP contribution >= 0.6 is 0 Å². The highest BCUT2D eigenvalue weighted by molar-refractivity contribution is 6.01. The summed E-state index contributed by atoms with van der Waals surface area (Å²) in [7, 11) is 0. The van der Waals surface area contributed by atoms with Gasteiger partial charge in [-0.05, 0) is 231 Å². The third-order valence-corrected chi connectivity index (χ3v) is 21.2. The van der Waals surface area contributed by atoms with E-state index < -0.39 is 240 Å². The molecule has 0 saturated heterocycles. The number of rotatable bonds is 43. The highest BCUT2D eigenvalue weighted by atomic mass is 16.6. The lowest BCUT2D eigenvalue weighted by molar-refractivity contribution is -0.157. The first-order valence-corrected chi connectivity index (χ1v) is 46.3. The van der Waals surface area contributed by atoms with E-state index in [4.69, 9.17) is 33.2 Å². The fourth-order valence-corrected chi connectivity index (χ4v) is 15.0. The normalized spacial score (nSPS) is 14.5. The number of fused-ring (bicyclic) bond motifs is 4. The van der Waals surface area contributed by atoms with Crippen LogP contribution in [0.4, 0.5) is 9.59 Å². The lowest BCUT2D eigenvalue weighted by atomic mass is 9.98. The van der Waals surface area contributed by atoms with Gasteiger partial charge in [-0.1, -0.05) is 139 Å². The number of carbonyl (C=O) groups is 15. The predicted octanol–water partition coefficient (Wildman–Crippen LogP) is 11.5. The highest BCUT2D eigenvalue weighted by Crippen LogP contribution is 2.45. The van der Waals surface area contributed by atoms with E-state index in [0.29, 0.717) is 45.5 Å². The number of aromatic nitrogens is 1. The molecule has 1 heterocycles. The zero-order chi connectivity index (χ0) is 101. The summed E-state index contributed by atoms with van der Waals surface area (Å²) >= 11 is 0. The van der Waals surface area contributed by atoms with Crippen molar-refractivity contribution in [3.63, 3.8) is 0 Å². The molecule has 742 valence electrons. The number of nitrogens with zero attached hydrogens (tertiary/aromatic N) is 1. The van der Waals surface area contributed by atoms with Gasteiger partial charge in [-0.25, -0.2) is 14.4 Å². The molecule has 10 atom stereocenters. The number of ether oxygens (including phenoxy) is 7. The first kappa shape index (κ1) is 110. The minimum atomic E-state index is -1.90. The Bertz CT molecular complexity index is 5170. The fourth-order valence-electron chi connectivity index (χ4n) is 15.0. The van der Waals surface area contributed by atoms with E-state index in [2.05, 4.69) is 53.2 Å². The van der Waals surface area contributed by atoms with Gasteiger partial charge in [0.2, 0.25) is 53.2 Å². The van der Waals surface area contributed by atoms with Crippen molar-refractivity contribution in [2.75, 3.05) is 13.2 Å². The Hall–Kier alpha value is -12.9. The number of carboxylic acid groups (broad SMARTS) is 1. The average Bonchev–Trinajstić information content (AvgIpc) is 1.61. The number of hydrogen-bond acceptors (Lipinski definition) is 22. The van der Waals surface area contributed by atoms with Crippen LogP contribution < -0.4 is 62.6 Å². The van der Waals surface area contributed by atoms with Crippen LogP contribution in [0.5, 0.6) is 11.5 Å². The lowest BCUT2D eigenvalue weighted by Gasteiger charge is -2.29. The molecule has 0 spiro atoms. The van der Waals surface area contributed by atoms with Gasteiger partial charge in [0.05, 0.1) is 18.5 Å². The summed E-state index contributed by atoms with van der Waals surface area (Å²) in [6.07, 6.45) is -4.19. The van der Waals surface area contributed by atoms with Crippen LogP contribution in [0.1, 0.15) is 245 Å². The molecule has 0 aliphatic heterocycles. The van der Waals surface area contributed by atoms with Crippen molar-refractivity contribution >= 4 is 100 Å². The topological polar surface area (TPSA) is 466 Å². The molecule has 34 heteroatoms. The molecule has 5 aromatic carbocycles. The molecular formula is C102H141N11O23. The molecule has 1 aliphatic rings. The number of hydrogen-bond donors (Lipinski definition) is 11. The number of amides is 10. The Morgan fingerprint density at radius 2 is 0.801 bits per heavy atom. The Kier molecular flexibility index (Phi) is 38.9. The van der Waals surface area contributed by atoms with E-state index in [9.17, 15) is 48.3 Å². The van der Waals surface area contributed by atoms with Gasteiger partial charge in [0.1, 0.15) is 106 Å². The minimum Gasteiger partial charge on any atom is -0.488 e. The van der Waals surface area contributed by atoms with Crippen molar-refractivity contribution in [3.05, 3.63) is 155 Å². The summed E-state index contributed by atoms with van der Waals surface area (Å²) in [5, 5.41) is 36.8. The summed E-state index contributed by atoms with van der Waals surface area (Å²) < 4.78 is 42.3. The molecule has 1 aliphatic carbocycles. The maximum atomic E-state index is 15.7. The predicted molar refractivity (Wildman–Crippen MR) is 511 cm³/mol. The monoisotopic (exact) mass is 1890 g/mol. The van der Waals surface area contributed by atoms with E-state index in [1.165, 1.54) is 10.8 Å². The van der Waals surface area contributed by atoms with Gasteiger partial charge >= 0.3 is 36.1 Å². The van der Waals surface area contributed by atoms with E-state index in [1.807, 2.05) is 90.1 Å². The summed E-state index contributed by atoms with van der Waals surface area (Å²) in [5.41, 5.74) is -0.253. The van der Waals surface area contributed by atoms with Crippen molar-refractivity contribution in [2.24, 2.45) is 17.8 Å². The van der Waals surface area contributed by atoms with Crippen molar-refractivity contribution in [1.82, 2.24) is 57.7 Å². The average molecular weight is 1890 g/mol. The quantitative estimate of drug-likeness (QED) is 0.0125. The third kappa shape index (κ3) is 36.1. The van der Waals surface area contributed by atoms with Crippen LogP contribution in [0.3, 0.4) is 0 Å². The Morgan fingerprint density at radius 3 is 1.24 bits per heavy atom. The molecule has 11 N–H and O–H groups in total. The highest BCUT2D eigenvalue weighted by Gasteiger charge is 2.41. The number of carboxylic acids is 1. The van der Waals surface area contributed by atoms with E-state index in [1.54, 1.807) is 197 Å². The molecule has 7 rings (SSSR count). The molecular weight excluding hydrogens is 1750 g/mol. The Labute approximate surface area is 797 Å². The lowest BCUT2D eigenvalue weighted by Crippen LogP contribution is -2.61. The second kappa shape index (κ2) is 48.0. The van der Waals surface area contributed by atoms with Gasteiger partial charge in [0.25, 0.3) is 0 Å². The third-order valence-electron chi connectivity index (χ3n) is 21.2. The number of carbonyl (C=O) groups excluding carboxylic acids is 14. The molecule has 0 saturated carbocycles. The first-order valence-electron chi connectivity index (χ1n) is 46.3. The molecule has 10 amide bonds. The molecule has 0 bridgehead atoms. The van der Waals surface area contributed by atoms with Gasteiger partial charge in [-0.2, -0.15) is 0 Å². The fraction of sp³-hybridized carbons (Fsp3) is 0.539. The minimum absolute atomic E-state index is 0.182.